The molecule has 0 atom stereocenters. The first-order chi connectivity index (χ1) is 14.9. The Morgan fingerprint density at radius 1 is 1.03 bits per heavy atom. The van der Waals surface area contributed by atoms with Gasteiger partial charge in [0.2, 0.25) is 0 Å². The number of hydrogen-bond donors (Lipinski definition) is 0. The molecule has 1 aliphatic rings. The van der Waals surface area contributed by atoms with E-state index in [-0.39, 0.29) is 30.1 Å². The number of imide groups is 1. The average molecular weight is 437 g/mol. The molecule has 0 aliphatic carbocycles. The lowest BCUT2D eigenvalue weighted by Crippen LogP contribution is -2.32. The second-order valence-electron chi connectivity index (χ2n) is 7.13. The van der Waals surface area contributed by atoms with Gasteiger partial charge in [0, 0.05) is 17.1 Å². The van der Waals surface area contributed by atoms with Gasteiger partial charge in [-0.1, -0.05) is 18.2 Å². The van der Waals surface area contributed by atoms with E-state index in [2.05, 4.69) is 0 Å². The van der Waals surface area contributed by atoms with Gasteiger partial charge in [-0.25, -0.2) is 4.39 Å². The van der Waals surface area contributed by atoms with Crippen molar-refractivity contribution in [1.29, 1.82) is 0 Å². The number of para-hydroxylation sites is 1. The molecule has 4 rings (SSSR count). The van der Waals surface area contributed by atoms with Gasteiger partial charge in [-0.15, -0.1) is 0 Å². The molecule has 2 amide bonds. The summed E-state index contributed by atoms with van der Waals surface area (Å²) < 4.78 is 20.9. The Morgan fingerprint density at radius 2 is 1.74 bits per heavy atom. The van der Waals surface area contributed by atoms with Crippen LogP contribution in [0.3, 0.4) is 0 Å². The molecule has 1 aliphatic heterocycles. The predicted molar refractivity (Wildman–Crippen MR) is 120 cm³/mol. The van der Waals surface area contributed by atoms with Gasteiger partial charge >= 0.3 is 0 Å². The maximum atomic E-state index is 13.3. The molecular formula is C24H21FN2O3S. The van der Waals surface area contributed by atoms with Crippen LogP contribution in [0.5, 0.6) is 5.75 Å². The van der Waals surface area contributed by atoms with Gasteiger partial charge in [0.15, 0.2) is 0 Å². The molecule has 0 spiro atoms. The minimum absolute atomic E-state index is 0.186. The molecule has 2 aromatic carbocycles. The van der Waals surface area contributed by atoms with Crippen LogP contribution in [-0.2, 0) is 4.79 Å². The summed E-state index contributed by atoms with van der Waals surface area (Å²) in [6.45, 7) is 4.29. The number of nitrogens with zero attached hydrogens (tertiary/aromatic N) is 2. The highest BCUT2D eigenvalue weighted by Gasteiger charge is 2.35. The molecule has 31 heavy (non-hydrogen) atoms. The fraction of sp³-hybridized carbons (Fsp3) is 0.167. The topological polar surface area (TPSA) is 51.5 Å². The van der Waals surface area contributed by atoms with Gasteiger partial charge in [0.05, 0.1) is 11.4 Å². The van der Waals surface area contributed by atoms with Crippen molar-refractivity contribution in [2.24, 2.45) is 0 Å². The van der Waals surface area contributed by atoms with Crippen LogP contribution < -0.4 is 4.74 Å². The second kappa shape index (κ2) is 8.81. The summed E-state index contributed by atoms with van der Waals surface area (Å²) in [6.07, 6.45) is 1.74. The third-order valence-electron chi connectivity index (χ3n) is 5.04. The highest BCUT2D eigenvalue weighted by molar-refractivity contribution is 8.18. The zero-order valence-electron chi connectivity index (χ0n) is 17.2. The van der Waals surface area contributed by atoms with Crippen LogP contribution in [0.2, 0.25) is 0 Å². The van der Waals surface area contributed by atoms with Crippen LogP contribution in [-0.4, -0.2) is 33.8 Å². The van der Waals surface area contributed by atoms with Crippen molar-refractivity contribution >= 4 is 29.0 Å². The van der Waals surface area contributed by atoms with Crippen LogP contribution in [0.1, 0.15) is 17.0 Å². The van der Waals surface area contributed by atoms with Crippen LogP contribution in [0.25, 0.3) is 11.8 Å². The smallest absolute Gasteiger partial charge is 0.293 e. The first-order valence-electron chi connectivity index (χ1n) is 9.82. The number of benzene rings is 2. The van der Waals surface area contributed by atoms with Crippen molar-refractivity contribution < 1.29 is 18.7 Å². The summed E-state index contributed by atoms with van der Waals surface area (Å²) in [4.78, 5) is 26.7. The van der Waals surface area contributed by atoms with Crippen molar-refractivity contribution in [3.8, 4) is 11.4 Å². The largest absolute Gasteiger partial charge is 0.492 e. The molecule has 1 saturated heterocycles. The summed E-state index contributed by atoms with van der Waals surface area (Å²) in [5.74, 6) is 0.0767. The van der Waals surface area contributed by atoms with Crippen molar-refractivity contribution in [2.45, 2.75) is 13.8 Å². The van der Waals surface area contributed by atoms with Crippen molar-refractivity contribution in [1.82, 2.24) is 9.47 Å². The molecule has 5 nitrogen and oxygen atoms in total. The number of carbonyl (C=O) groups excluding carboxylic acids is 2. The molecule has 1 aromatic heterocycles. The lowest BCUT2D eigenvalue weighted by atomic mass is 10.2. The maximum Gasteiger partial charge on any atom is 0.293 e. The normalized spacial score (nSPS) is 15.2. The lowest BCUT2D eigenvalue weighted by Gasteiger charge is -2.13. The second-order valence-corrected chi connectivity index (χ2v) is 8.13. The summed E-state index contributed by atoms with van der Waals surface area (Å²) in [5.41, 5.74) is 3.53. The highest BCUT2D eigenvalue weighted by Crippen LogP contribution is 2.33. The van der Waals surface area contributed by atoms with Crippen LogP contribution in [0, 0.1) is 19.7 Å². The summed E-state index contributed by atoms with van der Waals surface area (Å²) in [5, 5.41) is -0.305. The number of aromatic nitrogens is 1. The number of halogens is 1. The molecule has 3 aromatic rings. The fourth-order valence-corrected chi connectivity index (χ4v) is 4.38. The number of thioether (sulfide) groups is 1. The Labute approximate surface area is 184 Å². The summed E-state index contributed by atoms with van der Waals surface area (Å²) in [6, 6.07) is 17.5. The van der Waals surface area contributed by atoms with E-state index in [0.29, 0.717) is 10.7 Å². The Hall–Kier alpha value is -3.32. The van der Waals surface area contributed by atoms with Crippen molar-refractivity contribution in [2.75, 3.05) is 13.2 Å². The van der Waals surface area contributed by atoms with Gasteiger partial charge < -0.3 is 9.30 Å². The zero-order valence-corrected chi connectivity index (χ0v) is 18.0. The van der Waals surface area contributed by atoms with E-state index < -0.39 is 0 Å². The molecule has 158 valence electrons. The number of hydrogen-bond acceptors (Lipinski definition) is 4. The van der Waals surface area contributed by atoms with Crippen LogP contribution in [0.15, 0.2) is 65.6 Å². The molecule has 1 fully saturated rings. The van der Waals surface area contributed by atoms with E-state index in [0.717, 1.165) is 34.4 Å². The number of aryl methyl sites for hydroxylation is 1. The third-order valence-corrected chi connectivity index (χ3v) is 5.95. The van der Waals surface area contributed by atoms with Crippen molar-refractivity contribution in [3.05, 3.63) is 88.3 Å². The van der Waals surface area contributed by atoms with E-state index in [1.54, 1.807) is 18.2 Å². The van der Waals surface area contributed by atoms with E-state index in [1.165, 1.54) is 17.0 Å². The highest BCUT2D eigenvalue weighted by atomic mass is 32.2. The molecular weight excluding hydrogens is 415 g/mol. The van der Waals surface area contributed by atoms with Gasteiger partial charge in [-0.2, -0.15) is 0 Å². The van der Waals surface area contributed by atoms with Gasteiger partial charge in [0.1, 0.15) is 18.2 Å². The fourth-order valence-electron chi connectivity index (χ4n) is 3.53. The van der Waals surface area contributed by atoms with Gasteiger partial charge in [-0.05, 0) is 79.7 Å². The number of amides is 2. The summed E-state index contributed by atoms with van der Waals surface area (Å²) in [7, 11) is 0. The summed E-state index contributed by atoms with van der Waals surface area (Å²) >= 11 is 0.929. The van der Waals surface area contributed by atoms with E-state index in [1.807, 2.05) is 54.8 Å². The number of ether oxygens (including phenoxy) is 1. The molecule has 0 radical (unpaired) electrons. The molecule has 0 unspecified atom stereocenters. The zero-order chi connectivity index (χ0) is 22.0. The number of rotatable bonds is 6. The maximum absolute atomic E-state index is 13.3. The minimum atomic E-state index is -0.321. The first-order valence-corrected chi connectivity index (χ1v) is 10.6. The molecule has 0 N–H and O–H groups in total. The van der Waals surface area contributed by atoms with Gasteiger partial charge in [-0.3, -0.25) is 14.5 Å². The molecule has 7 heteroatoms. The van der Waals surface area contributed by atoms with Crippen molar-refractivity contribution in [3.63, 3.8) is 0 Å². The predicted octanol–water partition coefficient (Wildman–Crippen LogP) is 5.35. The van der Waals surface area contributed by atoms with E-state index in [4.69, 9.17) is 4.74 Å². The molecule has 0 bridgehead atoms. The Morgan fingerprint density at radius 3 is 2.45 bits per heavy atom. The Balaban J connectivity index is 1.50. The van der Waals surface area contributed by atoms with E-state index >= 15 is 0 Å². The minimum Gasteiger partial charge on any atom is -0.492 e. The van der Waals surface area contributed by atoms with Crippen LogP contribution >= 0.6 is 11.8 Å². The van der Waals surface area contributed by atoms with Gasteiger partial charge in [0.25, 0.3) is 11.1 Å². The Kier molecular flexibility index (Phi) is 5.95. The molecule has 0 saturated carbocycles. The average Bonchev–Trinajstić information content (AvgIpc) is 3.19. The SMILES string of the molecule is Cc1cc(/C=C2\SC(=O)N(CCOc3ccccc3)C2=O)c(C)n1-c1ccc(F)cc1. The molecule has 2 heterocycles. The quantitative estimate of drug-likeness (QED) is 0.489. The lowest BCUT2D eigenvalue weighted by molar-refractivity contribution is -0.123. The van der Waals surface area contributed by atoms with Crippen LogP contribution in [0.4, 0.5) is 9.18 Å². The standard InChI is InChI=1S/C24H21FN2O3S/c1-16-14-18(17(2)27(16)20-10-8-19(25)9-11-20)15-22-23(28)26(24(29)31-22)12-13-30-21-6-4-3-5-7-21/h3-11,14-15H,12-13H2,1-2H3/b22-15-. The monoisotopic (exact) mass is 436 g/mol. The Bertz CT molecular complexity index is 1150. The van der Waals surface area contributed by atoms with E-state index in [9.17, 15) is 14.0 Å². The third kappa shape index (κ3) is 4.41. The number of carbonyl (C=O) groups is 2. The first kappa shape index (κ1) is 20.9.